The normalized spacial score (nSPS) is 19.5. The first kappa shape index (κ1) is 20.0. The van der Waals surface area contributed by atoms with E-state index in [1.807, 2.05) is 36.4 Å². The second-order valence-corrected chi connectivity index (χ2v) is 8.76. The first-order valence-electron chi connectivity index (χ1n) is 10.6. The van der Waals surface area contributed by atoms with Crippen LogP contribution in [0.15, 0.2) is 71.8 Å². The van der Waals surface area contributed by atoms with Crippen LogP contribution in [-0.4, -0.2) is 17.8 Å². The maximum Gasteiger partial charge on any atom is 0.214 e. The molecule has 0 radical (unpaired) electrons. The lowest BCUT2D eigenvalue weighted by molar-refractivity contribution is -0.0209. The molecule has 4 nitrogen and oxygen atoms in total. The van der Waals surface area contributed by atoms with Gasteiger partial charge in [0.1, 0.15) is 0 Å². The summed E-state index contributed by atoms with van der Waals surface area (Å²) in [6, 6.07) is 22.7. The van der Waals surface area contributed by atoms with Crippen molar-refractivity contribution < 1.29 is 9.47 Å². The molecule has 2 atom stereocenters. The Bertz CT molecular complexity index is 1120. The second-order valence-electron chi connectivity index (χ2n) is 8.32. The van der Waals surface area contributed by atoms with Crippen LogP contribution in [0.5, 0.6) is 11.5 Å². The molecule has 0 bridgehead atoms. The molecule has 158 valence electrons. The average Bonchev–Trinajstić information content (AvgIpc) is 3.24. The van der Waals surface area contributed by atoms with Crippen molar-refractivity contribution in [2.45, 2.75) is 38.5 Å². The molecule has 0 spiro atoms. The quantitative estimate of drug-likeness (QED) is 0.459. The van der Waals surface area contributed by atoms with Crippen molar-refractivity contribution in [1.29, 1.82) is 0 Å². The SMILES string of the molecule is COc1cccc2c1O[C@@H](c1ccc(C(C)C)cc1)N1N=C(c3ccc(Cl)cc3)C[C@@H]21. The molecule has 0 aromatic heterocycles. The van der Waals surface area contributed by atoms with E-state index in [2.05, 4.69) is 49.2 Å². The van der Waals surface area contributed by atoms with Gasteiger partial charge < -0.3 is 9.47 Å². The van der Waals surface area contributed by atoms with E-state index in [0.29, 0.717) is 5.92 Å². The molecule has 0 fully saturated rings. The number of fused-ring (bicyclic) bond motifs is 3. The summed E-state index contributed by atoms with van der Waals surface area (Å²) in [6.07, 6.45) is 0.478. The highest BCUT2D eigenvalue weighted by atomic mass is 35.5. The van der Waals surface area contributed by atoms with Crippen molar-refractivity contribution in [2.75, 3.05) is 7.11 Å². The number of benzene rings is 3. The van der Waals surface area contributed by atoms with Gasteiger partial charge in [0, 0.05) is 22.6 Å². The average molecular weight is 433 g/mol. The second kappa shape index (κ2) is 7.93. The predicted molar refractivity (Wildman–Crippen MR) is 124 cm³/mol. The van der Waals surface area contributed by atoms with Gasteiger partial charge in [-0.15, -0.1) is 0 Å². The molecular formula is C26H25ClN2O2. The van der Waals surface area contributed by atoms with Crippen LogP contribution in [0.25, 0.3) is 0 Å². The van der Waals surface area contributed by atoms with Crippen LogP contribution < -0.4 is 9.47 Å². The van der Waals surface area contributed by atoms with Crippen molar-refractivity contribution in [3.05, 3.63) is 94.0 Å². The van der Waals surface area contributed by atoms with E-state index >= 15 is 0 Å². The molecule has 0 saturated heterocycles. The van der Waals surface area contributed by atoms with Crippen molar-refractivity contribution in [3.8, 4) is 11.5 Å². The van der Waals surface area contributed by atoms with Crippen LogP contribution in [0, 0.1) is 0 Å². The fourth-order valence-electron chi connectivity index (χ4n) is 4.33. The lowest BCUT2D eigenvalue weighted by atomic mass is 9.95. The molecular weight excluding hydrogens is 408 g/mol. The summed E-state index contributed by atoms with van der Waals surface area (Å²) >= 11 is 6.09. The summed E-state index contributed by atoms with van der Waals surface area (Å²) in [4.78, 5) is 0. The van der Waals surface area contributed by atoms with Crippen LogP contribution in [0.1, 0.15) is 60.7 Å². The van der Waals surface area contributed by atoms with Crippen LogP contribution in [0.2, 0.25) is 5.02 Å². The third kappa shape index (κ3) is 3.55. The van der Waals surface area contributed by atoms with Crippen LogP contribution >= 0.6 is 11.6 Å². The highest BCUT2D eigenvalue weighted by molar-refractivity contribution is 6.30. The predicted octanol–water partition coefficient (Wildman–Crippen LogP) is 6.71. The molecule has 0 aliphatic carbocycles. The molecule has 5 rings (SSSR count). The molecule has 2 aliphatic heterocycles. The molecule has 0 unspecified atom stereocenters. The summed E-state index contributed by atoms with van der Waals surface area (Å²) in [5, 5.41) is 7.84. The van der Waals surface area contributed by atoms with E-state index < -0.39 is 0 Å². The number of nitrogens with zero attached hydrogens (tertiary/aromatic N) is 2. The van der Waals surface area contributed by atoms with Crippen LogP contribution in [-0.2, 0) is 0 Å². The standard InChI is InChI=1S/C26H25ClN2O2/c1-16(2)17-7-9-19(10-8-17)26-29-23(21-5-4-6-24(30-3)25(21)31-26)15-22(28-29)18-11-13-20(27)14-12-18/h4-14,16,23,26H,15H2,1-3H3/t23-,26-/m0/s1. The third-order valence-electron chi connectivity index (χ3n) is 6.07. The molecule has 0 N–H and O–H groups in total. The van der Waals surface area contributed by atoms with Crippen molar-refractivity contribution >= 4 is 17.3 Å². The zero-order valence-corrected chi connectivity index (χ0v) is 18.6. The number of hydrogen-bond acceptors (Lipinski definition) is 4. The molecule has 0 amide bonds. The van der Waals surface area contributed by atoms with Gasteiger partial charge in [-0.05, 0) is 35.2 Å². The minimum Gasteiger partial charge on any atom is -0.493 e. The van der Waals surface area contributed by atoms with Crippen molar-refractivity contribution in [1.82, 2.24) is 5.01 Å². The first-order valence-corrected chi connectivity index (χ1v) is 11.0. The topological polar surface area (TPSA) is 34.1 Å². The number of hydrazone groups is 1. The van der Waals surface area contributed by atoms with E-state index in [-0.39, 0.29) is 12.3 Å². The zero-order valence-electron chi connectivity index (χ0n) is 17.9. The van der Waals surface area contributed by atoms with E-state index in [1.165, 1.54) is 5.56 Å². The van der Waals surface area contributed by atoms with Gasteiger partial charge in [-0.25, -0.2) is 5.01 Å². The Morgan fingerprint density at radius 3 is 2.45 bits per heavy atom. The monoisotopic (exact) mass is 432 g/mol. The van der Waals surface area contributed by atoms with Gasteiger partial charge in [0.25, 0.3) is 0 Å². The summed E-state index contributed by atoms with van der Waals surface area (Å²) in [5.74, 6) is 2.04. The number of ether oxygens (including phenoxy) is 2. The van der Waals surface area contributed by atoms with Gasteiger partial charge in [-0.1, -0.05) is 74.0 Å². The van der Waals surface area contributed by atoms with Crippen LogP contribution in [0.3, 0.4) is 0 Å². The summed E-state index contributed by atoms with van der Waals surface area (Å²) < 4.78 is 12.2. The van der Waals surface area contributed by atoms with Gasteiger partial charge in [-0.3, -0.25) is 0 Å². The van der Waals surface area contributed by atoms with Gasteiger partial charge in [-0.2, -0.15) is 5.10 Å². The Morgan fingerprint density at radius 1 is 1.03 bits per heavy atom. The van der Waals surface area contributed by atoms with Gasteiger partial charge in [0.15, 0.2) is 11.5 Å². The molecule has 31 heavy (non-hydrogen) atoms. The van der Waals surface area contributed by atoms with Crippen molar-refractivity contribution in [2.24, 2.45) is 5.10 Å². The van der Waals surface area contributed by atoms with Gasteiger partial charge >= 0.3 is 0 Å². The fraction of sp³-hybridized carbons (Fsp3) is 0.269. The molecule has 5 heteroatoms. The molecule has 2 aliphatic rings. The Hall–Kier alpha value is -2.98. The zero-order chi connectivity index (χ0) is 21.5. The minimum atomic E-state index is -0.320. The summed E-state index contributed by atoms with van der Waals surface area (Å²) in [6.45, 7) is 4.40. The van der Waals surface area contributed by atoms with E-state index in [1.54, 1.807) is 7.11 Å². The first-order chi connectivity index (χ1) is 15.0. The fourth-order valence-corrected chi connectivity index (χ4v) is 4.45. The number of hydrogen-bond donors (Lipinski definition) is 0. The number of halogens is 1. The van der Waals surface area contributed by atoms with Crippen molar-refractivity contribution in [3.63, 3.8) is 0 Å². The number of methoxy groups -OCH3 is 1. The summed E-state index contributed by atoms with van der Waals surface area (Å²) in [7, 11) is 1.68. The van der Waals surface area contributed by atoms with Crippen LogP contribution in [0.4, 0.5) is 0 Å². The van der Waals surface area contributed by atoms with E-state index in [4.69, 9.17) is 26.2 Å². The maximum absolute atomic E-state index is 6.53. The Kier molecular flexibility index (Phi) is 5.11. The summed E-state index contributed by atoms with van der Waals surface area (Å²) in [5.41, 5.74) is 5.59. The smallest absolute Gasteiger partial charge is 0.214 e. The molecule has 0 saturated carbocycles. The Balaban J connectivity index is 1.58. The maximum atomic E-state index is 6.53. The Morgan fingerprint density at radius 2 is 1.77 bits per heavy atom. The molecule has 3 aromatic rings. The number of para-hydroxylation sites is 1. The third-order valence-corrected chi connectivity index (χ3v) is 6.32. The highest BCUT2D eigenvalue weighted by Gasteiger charge is 2.42. The van der Waals surface area contributed by atoms with E-state index in [9.17, 15) is 0 Å². The van der Waals surface area contributed by atoms with Gasteiger partial charge in [0.2, 0.25) is 6.23 Å². The lowest BCUT2D eigenvalue weighted by Gasteiger charge is -2.38. The highest BCUT2D eigenvalue weighted by Crippen LogP contribution is 2.50. The molecule has 2 heterocycles. The molecule has 3 aromatic carbocycles. The number of rotatable bonds is 4. The van der Waals surface area contributed by atoms with Gasteiger partial charge in [0.05, 0.1) is 18.9 Å². The largest absolute Gasteiger partial charge is 0.493 e. The Labute approximate surface area is 188 Å². The lowest BCUT2D eigenvalue weighted by Crippen LogP contribution is -2.33. The van der Waals surface area contributed by atoms with E-state index in [0.717, 1.165) is 45.3 Å². The minimum absolute atomic E-state index is 0.0827.